The lowest BCUT2D eigenvalue weighted by molar-refractivity contribution is -0.151. The first-order valence-corrected chi connectivity index (χ1v) is 38.9. The van der Waals surface area contributed by atoms with Gasteiger partial charge in [0.1, 0.15) is 11.5 Å². The number of likely N-dealkylation sites (tertiary alicyclic amines) is 2. The van der Waals surface area contributed by atoms with Gasteiger partial charge in [-0.05, 0) is 211 Å². The Balaban J connectivity index is 0.691. The molecule has 2 aromatic heterocycles. The van der Waals surface area contributed by atoms with Crippen LogP contribution < -0.4 is 18.9 Å². The van der Waals surface area contributed by atoms with Crippen molar-refractivity contribution in [2.24, 2.45) is 16.7 Å². The molecule has 4 bridgehead atoms. The van der Waals surface area contributed by atoms with Crippen molar-refractivity contribution in [1.29, 1.82) is 0 Å². The maximum atomic E-state index is 16.3. The van der Waals surface area contributed by atoms with Gasteiger partial charge >= 0.3 is 0 Å². The number of carbonyl (C=O) groups excluding carboxylic acids is 4. The Morgan fingerprint density at radius 3 is 1.54 bits per heavy atom. The van der Waals surface area contributed by atoms with Crippen LogP contribution in [0.3, 0.4) is 0 Å². The van der Waals surface area contributed by atoms with Crippen LogP contribution in [0.4, 0.5) is 0 Å². The van der Waals surface area contributed by atoms with Gasteiger partial charge in [-0.3, -0.25) is 24.1 Å². The lowest BCUT2D eigenvalue weighted by Crippen LogP contribution is -2.64. The van der Waals surface area contributed by atoms with E-state index in [0.29, 0.717) is 50.6 Å². The summed E-state index contributed by atoms with van der Waals surface area (Å²) in [6.45, 7) is 6.66. The van der Waals surface area contributed by atoms with Crippen molar-refractivity contribution in [3.05, 3.63) is 106 Å². The number of methoxy groups -OCH3 is 2. The number of hydrogen-bond acceptors (Lipinski definition) is 12. The molecule has 2 N–H and O–H groups in total. The van der Waals surface area contributed by atoms with Crippen molar-refractivity contribution in [3.8, 4) is 34.0 Å². The molecule has 0 spiro atoms. The van der Waals surface area contributed by atoms with E-state index in [1.165, 1.54) is 24.5 Å². The van der Waals surface area contributed by atoms with Gasteiger partial charge in [-0.2, -0.15) is 0 Å². The number of fused-ring (bicyclic) bond motifs is 18. The number of amides is 4. The van der Waals surface area contributed by atoms with Gasteiger partial charge in [-0.15, -0.1) is 0 Å². The number of benzene rings is 4. The fourth-order valence-electron chi connectivity index (χ4n) is 20.3. The molecule has 4 amide bonds. The van der Waals surface area contributed by atoms with Gasteiger partial charge in [0, 0.05) is 126 Å². The predicted molar refractivity (Wildman–Crippen MR) is 365 cm³/mol. The van der Waals surface area contributed by atoms with E-state index in [-0.39, 0.29) is 70.6 Å². The molecule has 10 unspecified atom stereocenters. The van der Waals surface area contributed by atoms with E-state index in [4.69, 9.17) is 9.47 Å². The Morgan fingerprint density at radius 2 is 1.03 bits per heavy atom. The molecule has 95 heavy (non-hydrogen) atoms. The van der Waals surface area contributed by atoms with E-state index in [0.717, 1.165) is 190 Å². The highest BCUT2D eigenvalue weighted by molar-refractivity contribution is 7.91. The molecule has 11 aliphatic rings. The summed E-state index contributed by atoms with van der Waals surface area (Å²) in [6, 6.07) is 24.6. The summed E-state index contributed by atoms with van der Waals surface area (Å²) in [6.07, 6.45) is 18.1. The van der Waals surface area contributed by atoms with Crippen LogP contribution in [0.5, 0.6) is 11.5 Å². The monoisotopic (exact) mass is 1330 g/mol. The standard InChI is InChI=1S/C75H90N8O10S2/c1-5-94(88,89)76-70(84)47-20-26-58-64(31-47)80-42-75(36-62(75)60-33-53(92-3)22-28-56(60)68(80)66(58)45-13-7-6-8-14-45)73(87)83-51-18-11-19-52(83)41-79(40-51)37-44-12-9-15-46(30-44)67-59-27-21-48(71(85)77-95(90,91)55-24-25-55)32-65(59)81-43-74(72(86)82-49-16-10-17-50(82)39-78(2)38-49)35-63(74)61-34-54(93-4)23-29-57(61)69(67)81/h20-23,26-29,31-34,44-46,49-52,55,62-63H,5-19,24-25,30,35-43H2,1-4H3,(H,76,84)(H,77,85). The van der Waals surface area contributed by atoms with Crippen LogP contribution in [0, 0.1) is 16.7 Å². The molecule has 8 heterocycles. The highest BCUT2D eigenvalue weighted by atomic mass is 32.2. The molecule has 17 rings (SSSR count). The van der Waals surface area contributed by atoms with Crippen LogP contribution in [0.25, 0.3) is 44.3 Å². The average molecular weight is 1330 g/mol. The SMILES string of the molecule is CCS(=O)(=O)NC(=O)c1ccc2c(C3CCCCC3)c3n(c2c1)CC1(C(=O)N2C4CCCC2CN(CC2CCCC(c5c6n(c7cc(C(=O)NS(=O)(=O)C8CC8)ccc57)CC5(C(=O)N7C8CCCC7CN(C)C8)CC5c5cc(OC)ccc5-6)C2)C4)CC1c1cc(OC)ccc1-3. The second-order valence-electron chi connectivity index (χ2n) is 30.8. The molecule has 4 aromatic carbocycles. The fourth-order valence-corrected chi connectivity index (χ4v) is 22.1. The van der Waals surface area contributed by atoms with Gasteiger partial charge in [0.15, 0.2) is 0 Å². The van der Waals surface area contributed by atoms with Crippen LogP contribution in [-0.2, 0) is 42.7 Å². The minimum absolute atomic E-state index is 0.0249. The number of carbonyl (C=O) groups is 4. The first-order chi connectivity index (χ1) is 45.9. The quantitative estimate of drug-likeness (QED) is 0.105. The van der Waals surface area contributed by atoms with Crippen LogP contribution in [-0.4, -0.2) is 158 Å². The van der Waals surface area contributed by atoms with Crippen LogP contribution in [0.1, 0.15) is 196 Å². The zero-order chi connectivity index (χ0) is 65.2. The molecule has 20 heteroatoms. The Labute approximate surface area is 557 Å². The summed E-state index contributed by atoms with van der Waals surface area (Å²) in [7, 11) is -2.05. The number of aromatic nitrogens is 2. The Morgan fingerprint density at radius 1 is 0.547 bits per heavy atom. The number of hydrogen-bond donors (Lipinski definition) is 2. The first-order valence-electron chi connectivity index (χ1n) is 35.7. The van der Waals surface area contributed by atoms with Crippen molar-refractivity contribution >= 4 is 65.5 Å². The molecule has 5 aliphatic carbocycles. The van der Waals surface area contributed by atoms with E-state index in [1.807, 2.05) is 30.3 Å². The van der Waals surface area contributed by atoms with Gasteiger partial charge in [0.05, 0.1) is 47.4 Å². The number of nitrogens with zero attached hydrogens (tertiary/aromatic N) is 6. The predicted octanol–water partition coefficient (Wildman–Crippen LogP) is 11.0. The van der Waals surface area contributed by atoms with Crippen molar-refractivity contribution < 1.29 is 45.5 Å². The molecular formula is C75H90N8O10S2. The molecular weight excluding hydrogens is 1240 g/mol. The van der Waals surface area contributed by atoms with E-state index in [1.54, 1.807) is 26.4 Å². The molecule has 5 saturated carbocycles. The average Bonchev–Trinajstić information content (AvgIpc) is 1.53. The molecule has 6 aliphatic heterocycles. The van der Waals surface area contributed by atoms with E-state index >= 15 is 9.59 Å². The normalized spacial score (nSPS) is 29.6. The Bertz CT molecular complexity index is 4410. The van der Waals surface area contributed by atoms with Gasteiger partial charge < -0.3 is 33.3 Å². The maximum absolute atomic E-state index is 16.3. The van der Waals surface area contributed by atoms with Gasteiger partial charge in [-0.25, -0.2) is 26.3 Å². The third-order valence-electron chi connectivity index (χ3n) is 25.1. The van der Waals surface area contributed by atoms with Gasteiger partial charge in [0.25, 0.3) is 11.8 Å². The number of rotatable bonds is 14. The van der Waals surface area contributed by atoms with Crippen LogP contribution >= 0.6 is 0 Å². The molecule has 9 fully saturated rings. The molecule has 502 valence electrons. The number of piperidine rings is 2. The smallest absolute Gasteiger partial charge is 0.264 e. The van der Waals surface area contributed by atoms with E-state index in [9.17, 15) is 26.4 Å². The van der Waals surface area contributed by atoms with Crippen LogP contribution in [0.15, 0.2) is 72.8 Å². The molecule has 6 aromatic rings. The summed E-state index contributed by atoms with van der Waals surface area (Å²) in [4.78, 5) is 69.8. The van der Waals surface area contributed by atoms with Gasteiger partial charge in [0.2, 0.25) is 31.9 Å². The van der Waals surface area contributed by atoms with Crippen molar-refractivity contribution in [3.63, 3.8) is 0 Å². The summed E-state index contributed by atoms with van der Waals surface area (Å²) in [5.41, 5.74) is 10.0. The number of piperazine rings is 2. The Kier molecular flexibility index (Phi) is 14.9. The molecule has 0 radical (unpaired) electrons. The first kappa shape index (κ1) is 61.8. The summed E-state index contributed by atoms with van der Waals surface area (Å²) >= 11 is 0. The van der Waals surface area contributed by atoms with Gasteiger partial charge in [-0.1, -0.05) is 37.8 Å². The number of likely N-dealkylation sites (N-methyl/N-ethyl adjacent to an activating group) is 1. The summed E-state index contributed by atoms with van der Waals surface area (Å²) < 4.78 is 73.5. The highest BCUT2D eigenvalue weighted by Crippen LogP contribution is 2.69. The molecule has 10 atom stereocenters. The van der Waals surface area contributed by atoms with Crippen molar-refractivity contribution in [2.45, 2.75) is 195 Å². The second-order valence-corrected chi connectivity index (χ2v) is 34.8. The van der Waals surface area contributed by atoms with E-state index < -0.39 is 47.9 Å². The third kappa shape index (κ3) is 10.2. The second kappa shape index (κ2) is 22.9. The van der Waals surface area contributed by atoms with Crippen LogP contribution in [0.2, 0.25) is 0 Å². The van der Waals surface area contributed by atoms with Crippen molar-refractivity contribution in [2.75, 3.05) is 59.7 Å². The van der Waals surface area contributed by atoms with E-state index in [2.05, 4.69) is 75.6 Å². The third-order valence-corrected chi connectivity index (χ3v) is 28.2. The number of ether oxygens (including phenoxy) is 2. The summed E-state index contributed by atoms with van der Waals surface area (Å²) in [5, 5.41) is 1.55. The minimum Gasteiger partial charge on any atom is -0.497 e. The minimum atomic E-state index is -3.82. The largest absolute Gasteiger partial charge is 0.497 e. The molecule has 18 nitrogen and oxygen atoms in total. The number of nitrogens with one attached hydrogen (secondary N) is 2. The highest BCUT2D eigenvalue weighted by Gasteiger charge is 2.67. The lowest BCUT2D eigenvalue weighted by Gasteiger charge is -2.52. The fraction of sp³-hybridized carbons (Fsp3) is 0.573. The number of sulfonamides is 2. The van der Waals surface area contributed by atoms with Crippen molar-refractivity contribution in [1.82, 2.24) is 38.2 Å². The maximum Gasteiger partial charge on any atom is 0.264 e. The topological polar surface area (TPSA) is 202 Å². The zero-order valence-electron chi connectivity index (χ0n) is 55.4. The zero-order valence-corrected chi connectivity index (χ0v) is 57.0. The molecule has 4 saturated heterocycles. The Hall–Kier alpha value is -6.74. The lowest BCUT2D eigenvalue weighted by atomic mass is 9.75. The summed E-state index contributed by atoms with van der Waals surface area (Å²) in [5.74, 6) is 1.22.